The molecule has 0 aliphatic carbocycles. The molecule has 4 nitrogen and oxygen atoms in total. The van der Waals surface area contributed by atoms with Crippen molar-refractivity contribution < 1.29 is 19.7 Å². The van der Waals surface area contributed by atoms with Crippen molar-refractivity contribution in [1.29, 1.82) is 0 Å². The van der Waals surface area contributed by atoms with Gasteiger partial charge in [-0.25, -0.2) is 0 Å². The van der Waals surface area contributed by atoms with Crippen LogP contribution in [-0.2, 0) is 0 Å². The van der Waals surface area contributed by atoms with Gasteiger partial charge in [-0.05, 0) is 12.1 Å². The second kappa shape index (κ2) is 4.61. The third-order valence-corrected chi connectivity index (χ3v) is 3.65. The maximum atomic E-state index is 9.93. The highest BCUT2D eigenvalue weighted by Gasteiger charge is 2.28. The number of para-hydroxylation sites is 2. The Hall–Kier alpha value is -1.40. The van der Waals surface area contributed by atoms with Gasteiger partial charge in [0, 0.05) is 6.07 Å². The van der Waals surface area contributed by atoms with E-state index in [1.807, 2.05) is 12.1 Å². The molecule has 1 aliphatic rings. The molecule has 0 aromatic heterocycles. The molecule has 0 amide bonds. The summed E-state index contributed by atoms with van der Waals surface area (Å²) in [6.07, 6.45) is 0. The van der Waals surface area contributed by atoms with E-state index < -0.39 is 0 Å². The van der Waals surface area contributed by atoms with Crippen molar-refractivity contribution in [2.24, 2.45) is 0 Å². The molecule has 0 unspecified atom stereocenters. The van der Waals surface area contributed by atoms with E-state index >= 15 is 0 Å². The van der Waals surface area contributed by atoms with Crippen LogP contribution in [0.15, 0.2) is 30.3 Å². The lowest BCUT2D eigenvalue weighted by molar-refractivity contribution is 0.342. The summed E-state index contributed by atoms with van der Waals surface area (Å²) < 4.78 is 11.0. The summed E-state index contributed by atoms with van der Waals surface area (Å²) in [7, 11) is 0. The minimum absolute atomic E-state index is 0.250. The second-order valence-corrected chi connectivity index (χ2v) is 7.00. The molecule has 0 bridgehead atoms. The summed E-state index contributed by atoms with van der Waals surface area (Å²) in [6, 6.07) is 8.51. The molecule has 2 aromatic rings. The van der Waals surface area contributed by atoms with Gasteiger partial charge in [0.15, 0.2) is 34.5 Å². The molecule has 98 valence electrons. The van der Waals surface area contributed by atoms with Crippen molar-refractivity contribution in [2.75, 3.05) is 0 Å². The van der Waals surface area contributed by atoms with Crippen LogP contribution < -0.4 is 9.47 Å². The molecular formula is C13H8Br2O4. The van der Waals surface area contributed by atoms with E-state index in [1.165, 1.54) is 6.07 Å². The van der Waals surface area contributed by atoms with Gasteiger partial charge in [-0.3, -0.25) is 0 Å². The van der Waals surface area contributed by atoms with Crippen LogP contribution in [0.3, 0.4) is 0 Å². The third-order valence-electron chi connectivity index (χ3n) is 2.73. The molecule has 0 radical (unpaired) electrons. The van der Waals surface area contributed by atoms with Crippen molar-refractivity contribution in [1.82, 2.24) is 0 Å². The summed E-state index contributed by atoms with van der Waals surface area (Å²) in [4.78, 5) is 0. The van der Waals surface area contributed by atoms with Crippen LogP contribution in [0.1, 0.15) is 9.30 Å². The first-order chi connectivity index (χ1) is 9.08. The Balaban J connectivity index is 2.20. The first-order valence-corrected chi connectivity index (χ1v) is 7.22. The SMILES string of the molecule is Oc1cc2c(c(C(Br)Br)c1O)Oc1ccccc1O2. The quantitative estimate of drug-likeness (QED) is 0.465. The molecule has 3 rings (SSSR count). The number of hydrogen-bond acceptors (Lipinski definition) is 4. The van der Waals surface area contributed by atoms with Crippen molar-refractivity contribution in [2.45, 2.75) is 3.74 Å². The minimum atomic E-state index is -0.380. The predicted octanol–water partition coefficient (Wildman–Crippen LogP) is 4.78. The molecule has 0 saturated heterocycles. The van der Waals surface area contributed by atoms with Crippen LogP contribution in [0.4, 0.5) is 0 Å². The Labute approximate surface area is 125 Å². The number of hydrogen-bond donors (Lipinski definition) is 2. The normalized spacial score (nSPS) is 12.4. The summed E-state index contributed by atoms with van der Waals surface area (Å²) in [5, 5.41) is 19.7. The van der Waals surface area contributed by atoms with E-state index in [0.29, 0.717) is 28.6 Å². The van der Waals surface area contributed by atoms with Gasteiger partial charge < -0.3 is 19.7 Å². The molecule has 2 aromatic carbocycles. The zero-order valence-corrected chi connectivity index (χ0v) is 12.6. The molecule has 2 N–H and O–H groups in total. The minimum Gasteiger partial charge on any atom is -0.504 e. The Bertz CT molecular complexity index is 655. The smallest absolute Gasteiger partial charge is 0.179 e. The van der Waals surface area contributed by atoms with Crippen LogP contribution >= 0.6 is 31.9 Å². The fraction of sp³-hybridized carbons (Fsp3) is 0.0769. The van der Waals surface area contributed by atoms with Gasteiger partial charge in [-0.2, -0.15) is 0 Å². The van der Waals surface area contributed by atoms with Gasteiger partial charge >= 0.3 is 0 Å². The summed E-state index contributed by atoms with van der Waals surface area (Å²) >= 11 is 6.59. The van der Waals surface area contributed by atoms with E-state index in [4.69, 9.17) is 9.47 Å². The topological polar surface area (TPSA) is 58.9 Å². The van der Waals surface area contributed by atoms with Gasteiger partial charge in [-0.15, -0.1) is 0 Å². The average Bonchev–Trinajstić information content (AvgIpc) is 2.37. The standard InChI is InChI=1S/C13H8Br2O4/c14-13(15)10-11(17)6(16)5-9-12(10)19-8-4-2-1-3-7(8)18-9/h1-5,13,16-17H. The number of aromatic hydroxyl groups is 2. The molecule has 0 fully saturated rings. The molecular weight excluding hydrogens is 380 g/mol. The number of rotatable bonds is 1. The maximum Gasteiger partial charge on any atom is 0.179 e. The molecule has 19 heavy (non-hydrogen) atoms. The molecule has 0 saturated carbocycles. The number of fused-ring (bicyclic) bond motifs is 2. The largest absolute Gasteiger partial charge is 0.504 e. The zero-order chi connectivity index (χ0) is 13.6. The fourth-order valence-electron chi connectivity index (χ4n) is 1.87. The second-order valence-electron chi connectivity index (χ2n) is 3.94. The highest BCUT2D eigenvalue weighted by Crippen LogP contribution is 2.55. The van der Waals surface area contributed by atoms with E-state index in [-0.39, 0.29) is 15.2 Å². The number of halogens is 2. The summed E-state index contributed by atoms with van der Waals surface area (Å²) in [5.41, 5.74) is 0.379. The van der Waals surface area contributed by atoms with Gasteiger partial charge in [-0.1, -0.05) is 44.0 Å². The van der Waals surface area contributed by atoms with E-state index in [1.54, 1.807) is 12.1 Å². The molecule has 0 atom stereocenters. The third kappa shape index (κ3) is 2.04. The lowest BCUT2D eigenvalue weighted by Gasteiger charge is -2.24. The first kappa shape index (κ1) is 12.6. The van der Waals surface area contributed by atoms with Crippen LogP contribution in [0.5, 0.6) is 34.5 Å². The Morgan fingerprint density at radius 3 is 2.21 bits per heavy atom. The number of phenols is 2. The van der Waals surface area contributed by atoms with Crippen LogP contribution in [0, 0.1) is 0 Å². The Kier molecular flexibility index (Phi) is 3.06. The summed E-state index contributed by atoms with van der Waals surface area (Å²) in [5.74, 6) is 1.33. The molecule has 1 aliphatic heterocycles. The van der Waals surface area contributed by atoms with Gasteiger partial charge in [0.05, 0.1) is 5.56 Å². The van der Waals surface area contributed by atoms with Crippen LogP contribution in [0.2, 0.25) is 0 Å². The molecule has 6 heteroatoms. The number of ether oxygens (including phenoxy) is 2. The van der Waals surface area contributed by atoms with Crippen LogP contribution in [-0.4, -0.2) is 10.2 Å². The van der Waals surface area contributed by atoms with Gasteiger partial charge in [0.2, 0.25) is 0 Å². The Morgan fingerprint density at radius 2 is 1.58 bits per heavy atom. The monoisotopic (exact) mass is 386 g/mol. The van der Waals surface area contributed by atoms with Crippen molar-refractivity contribution in [3.05, 3.63) is 35.9 Å². The molecule has 1 heterocycles. The lowest BCUT2D eigenvalue weighted by atomic mass is 10.1. The van der Waals surface area contributed by atoms with E-state index in [0.717, 1.165) is 0 Å². The number of alkyl halides is 2. The van der Waals surface area contributed by atoms with Crippen LogP contribution in [0.25, 0.3) is 0 Å². The highest BCUT2D eigenvalue weighted by molar-refractivity contribution is 9.24. The van der Waals surface area contributed by atoms with Crippen molar-refractivity contribution in [3.8, 4) is 34.5 Å². The zero-order valence-electron chi connectivity index (χ0n) is 9.43. The average molecular weight is 388 g/mol. The highest BCUT2D eigenvalue weighted by atomic mass is 79.9. The Morgan fingerprint density at radius 1 is 0.947 bits per heavy atom. The predicted molar refractivity (Wildman–Crippen MR) is 77.0 cm³/mol. The van der Waals surface area contributed by atoms with E-state index in [9.17, 15) is 10.2 Å². The molecule has 0 spiro atoms. The van der Waals surface area contributed by atoms with Gasteiger partial charge in [0.25, 0.3) is 0 Å². The van der Waals surface area contributed by atoms with Crippen molar-refractivity contribution >= 4 is 31.9 Å². The van der Waals surface area contributed by atoms with Crippen molar-refractivity contribution in [3.63, 3.8) is 0 Å². The number of benzene rings is 2. The van der Waals surface area contributed by atoms with E-state index in [2.05, 4.69) is 31.9 Å². The fourth-order valence-corrected chi connectivity index (χ4v) is 2.72. The number of phenolic OH excluding ortho intramolecular Hbond substituents is 2. The summed E-state index contributed by atoms with van der Waals surface area (Å²) in [6.45, 7) is 0. The lowest BCUT2D eigenvalue weighted by Crippen LogP contribution is -2.02. The first-order valence-electron chi connectivity index (χ1n) is 5.39. The van der Waals surface area contributed by atoms with Gasteiger partial charge in [0.1, 0.15) is 3.74 Å². The maximum absolute atomic E-state index is 9.93.